The Bertz CT molecular complexity index is 1570. The minimum absolute atomic E-state index is 0.0108. The molecule has 0 bridgehead atoms. The summed E-state index contributed by atoms with van der Waals surface area (Å²) in [6.45, 7) is 8.21. The Morgan fingerprint density at radius 2 is 1.89 bits per heavy atom. The van der Waals surface area contributed by atoms with E-state index in [0.29, 0.717) is 24.0 Å². The van der Waals surface area contributed by atoms with Crippen molar-refractivity contribution in [2.24, 2.45) is 5.92 Å². The average molecular weight is 662 g/mol. The lowest BCUT2D eigenvalue weighted by atomic mass is 10.1. The van der Waals surface area contributed by atoms with Gasteiger partial charge in [-0.2, -0.15) is 0 Å². The van der Waals surface area contributed by atoms with Gasteiger partial charge in [0.2, 0.25) is 11.8 Å². The molecule has 0 aromatic heterocycles. The molecule has 46 heavy (non-hydrogen) atoms. The fourth-order valence-electron chi connectivity index (χ4n) is 5.81. The SMILES string of the molecule is C=C[C@@H]1C[C@]1(NC(=O)[C@@H]1C[C@@H](OC(=O)N2Cc3cccc(F)c3C2)CN1C(=O)CNC(=O)OC(C)(C)C)C(=O)NS(=C)(=O)C1CC1. The third-order valence-electron chi connectivity index (χ3n) is 8.50. The largest absolute Gasteiger partial charge is 0.444 e. The molecule has 0 spiro atoms. The monoisotopic (exact) mass is 661 g/mol. The van der Waals surface area contributed by atoms with Gasteiger partial charge in [-0.3, -0.25) is 24.0 Å². The van der Waals surface area contributed by atoms with Gasteiger partial charge in [0.25, 0.3) is 5.91 Å². The van der Waals surface area contributed by atoms with E-state index in [1.165, 1.54) is 21.9 Å². The number of alkyl carbamates (subject to hydrolysis) is 1. The highest BCUT2D eigenvalue weighted by molar-refractivity contribution is 7.99. The van der Waals surface area contributed by atoms with Crippen LogP contribution >= 0.6 is 0 Å². The van der Waals surface area contributed by atoms with Gasteiger partial charge in [-0.25, -0.2) is 18.2 Å². The number of ether oxygens (including phenoxy) is 2. The van der Waals surface area contributed by atoms with Gasteiger partial charge < -0.3 is 25.0 Å². The van der Waals surface area contributed by atoms with E-state index in [9.17, 15) is 32.6 Å². The second-order valence-electron chi connectivity index (χ2n) is 13.3. The minimum atomic E-state index is -2.91. The molecule has 0 radical (unpaired) electrons. The zero-order valence-corrected chi connectivity index (χ0v) is 27.0. The van der Waals surface area contributed by atoms with Crippen molar-refractivity contribution >= 4 is 45.5 Å². The summed E-state index contributed by atoms with van der Waals surface area (Å²) in [5.41, 5.74) is -1.19. The van der Waals surface area contributed by atoms with E-state index >= 15 is 0 Å². The van der Waals surface area contributed by atoms with E-state index in [-0.39, 0.29) is 37.7 Å². The summed E-state index contributed by atoms with van der Waals surface area (Å²) < 4.78 is 40.6. The number of carbonyl (C=O) groups excluding carboxylic acids is 5. The van der Waals surface area contributed by atoms with Gasteiger partial charge in [-0.1, -0.05) is 18.2 Å². The van der Waals surface area contributed by atoms with E-state index in [2.05, 4.69) is 27.8 Å². The molecule has 3 N–H and O–H groups in total. The molecule has 13 nitrogen and oxygen atoms in total. The number of rotatable bonds is 9. The maximum atomic E-state index is 14.3. The summed E-state index contributed by atoms with van der Waals surface area (Å²) in [4.78, 5) is 68.3. The van der Waals surface area contributed by atoms with E-state index in [0.717, 1.165) is 0 Å². The predicted molar refractivity (Wildman–Crippen MR) is 166 cm³/mol. The molecule has 2 aliphatic heterocycles. The van der Waals surface area contributed by atoms with Crippen LogP contribution in [0.25, 0.3) is 0 Å². The van der Waals surface area contributed by atoms with Crippen LogP contribution in [0.3, 0.4) is 0 Å². The normalized spacial score (nSPS) is 26.3. The van der Waals surface area contributed by atoms with Crippen LogP contribution in [0.5, 0.6) is 0 Å². The third kappa shape index (κ3) is 7.13. The van der Waals surface area contributed by atoms with Crippen LogP contribution in [-0.2, 0) is 46.7 Å². The van der Waals surface area contributed by atoms with Gasteiger partial charge in [0.05, 0.1) is 22.8 Å². The van der Waals surface area contributed by atoms with Gasteiger partial charge in [0, 0.05) is 29.7 Å². The lowest BCUT2D eigenvalue weighted by Gasteiger charge is -2.27. The van der Waals surface area contributed by atoms with Gasteiger partial charge in [-0.05, 0) is 57.5 Å². The van der Waals surface area contributed by atoms with Crippen LogP contribution in [0, 0.1) is 11.7 Å². The summed E-state index contributed by atoms with van der Waals surface area (Å²) in [5, 5.41) is 4.90. The Balaban J connectivity index is 1.29. The molecule has 2 heterocycles. The number of carbonyl (C=O) groups is 5. The molecule has 4 aliphatic rings. The van der Waals surface area contributed by atoms with Gasteiger partial charge >= 0.3 is 12.2 Å². The molecule has 1 unspecified atom stereocenters. The number of benzene rings is 1. The summed E-state index contributed by atoms with van der Waals surface area (Å²) in [5.74, 6) is 0.820. The second-order valence-corrected chi connectivity index (χ2v) is 15.6. The molecule has 2 aliphatic carbocycles. The van der Waals surface area contributed by atoms with Crippen LogP contribution in [0.2, 0.25) is 0 Å². The first-order chi connectivity index (χ1) is 21.5. The lowest BCUT2D eigenvalue weighted by molar-refractivity contribution is -0.139. The standard InChI is InChI=1S/C31H40FN5O8S/c1-6-19-13-31(19,27(40)35-46(5,43)21-10-11-21)34-26(39)24-12-20(16-37(24)25(38)14-33-28(41)45-30(2,3)4)44-29(42)36-15-18-8-7-9-23(32)22(18)17-36/h6-9,19-21,24H,1,5,10-17H2,2-4H3,(H,33,41)(H,34,39)(H,35,40,43)/t19-,20-,24+,31-,46?/m1/s1. The van der Waals surface area contributed by atoms with Gasteiger partial charge in [-0.15, -0.1) is 6.58 Å². The van der Waals surface area contributed by atoms with E-state index in [4.69, 9.17) is 9.47 Å². The van der Waals surface area contributed by atoms with Crippen molar-refractivity contribution in [3.63, 3.8) is 0 Å². The Labute approximate surface area is 267 Å². The molecule has 1 aromatic carbocycles. The van der Waals surface area contributed by atoms with Crippen LogP contribution in [0.1, 0.15) is 57.6 Å². The van der Waals surface area contributed by atoms with Crippen LogP contribution in [0.15, 0.2) is 30.9 Å². The number of nitrogens with zero attached hydrogens (tertiary/aromatic N) is 2. The van der Waals surface area contributed by atoms with Crippen LogP contribution in [0.4, 0.5) is 14.0 Å². The Kier molecular flexibility index (Phi) is 8.83. The first-order valence-corrected chi connectivity index (χ1v) is 16.9. The van der Waals surface area contributed by atoms with E-state index < -0.39 is 81.2 Å². The minimum Gasteiger partial charge on any atom is -0.444 e. The zero-order valence-electron chi connectivity index (χ0n) is 26.1. The Morgan fingerprint density at radius 3 is 2.50 bits per heavy atom. The van der Waals surface area contributed by atoms with Gasteiger partial charge in [0.1, 0.15) is 35.6 Å². The van der Waals surface area contributed by atoms with E-state index in [1.54, 1.807) is 32.9 Å². The van der Waals surface area contributed by atoms with Crippen molar-refractivity contribution in [3.8, 4) is 0 Å². The number of hydrogen-bond acceptors (Lipinski definition) is 8. The maximum Gasteiger partial charge on any atom is 0.410 e. The molecule has 2 saturated carbocycles. The quantitative estimate of drug-likeness (QED) is 0.266. The van der Waals surface area contributed by atoms with Crippen molar-refractivity contribution < 1.29 is 42.0 Å². The fraction of sp³-hybridized carbons (Fsp3) is 0.548. The Morgan fingerprint density at radius 1 is 1.17 bits per heavy atom. The highest BCUT2D eigenvalue weighted by Gasteiger charge is 2.61. The first-order valence-electron chi connectivity index (χ1n) is 15.1. The van der Waals surface area contributed by atoms with E-state index in [1.807, 2.05) is 0 Å². The predicted octanol–water partition coefficient (Wildman–Crippen LogP) is 1.74. The Hall–Kier alpha value is -4.14. The molecule has 5 amide bonds. The van der Waals surface area contributed by atoms with Crippen LogP contribution < -0.4 is 15.4 Å². The number of likely N-dealkylation sites (tertiary alicyclic amines) is 1. The molecule has 1 saturated heterocycles. The molecule has 5 atom stereocenters. The summed E-state index contributed by atoms with van der Waals surface area (Å²) in [7, 11) is -2.91. The molecular weight excluding hydrogens is 621 g/mol. The first kappa shape index (κ1) is 33.2. The van der Waals surface area contributed by atoms with Crippen molar-refractivity contribution in [1.82, 2.24) is 25.2 Å². The number of nitrogens with one attached hydrogen (secondary N) is 3. The van der Waals surface area contributed by atoms with Crippen molar-refractivity contribution in [2.45, 2.75) is 88.1 Å². The van der Waals surface area contributed by atoms with Crippen molar-refractivity contribution in [1.29, 1.82) is 0 Å². The highest BCUT2D eigenvalue weighted by Crippen LogP contribution is 2.45. The summed E-state index contributed by atoms with van der Waals surface area (Å²) >= 11 is 0. The number of amides is 5. The molecule has 15 heteroatoms. The molecule has 1 aromatic rings. The maximum absolute atomic E-state index is 14.3. The van der Waals surface area contributed by atoms with Crippen molar-refractivity contribution in [2.75, 3.05) is 13.1 Å². The topological polar surface area (TPSA) is 163 Å². The molecular formula is C31H40FN5O8S. The lowest BCUT2D eigenvalue weighted by Crippen LogP contribution is -2.57. The number of hydrogen-bond donors (Lipinski definition) is 3. The number of halogens is 1. The third-order valence-corrected chi connectivity index (χ3v) is 10.6. The highest BCUT2D eigenvalue weighted by atomic mass is 32.2. The van der Waals surface area contributed by atoms with Crippen molar-refractivity contribution in [3.05, 3.63) is 47.8 Å². The molecule has 250 valence electrons. The smallest absolute Gasteiger partial charge is 0.410 e. The molecule has 3 fully saturated rings. The summed E-state index contributed by atoms with van der Waals surface area (Å²) in [6.07, 6.45) is 0.496. The summed E-state index contributed by atoms with van der Waals surface area (Å²) in [6, 6.07) is 3.41. The number of fused-ring (bicyclic) bond motifs is 1. The molecule has 5 rings (SSSR count). The fourth-order valence-corrected chi connectivity index (χ4v) is 7.38. The average Bonchev–Trinajstić information content (AvgIpc) is 3.85. The zero-order chi connectivity index (χ0) is 33.6. The van der Waals surface area contributed by atoms with Crippen LogP contribution in [-0.4, -0.2) is 91.4 Å². The second kappa shape index (κ2) is 12.2. The van der Waals surface area contributed by atoms with Gasteiger partial charge in [0.15, 0.2) is 0 Å².